The van der Waals surface area contributed by atoms with Crippen molar-refractivity contribution in [2.45, 2.75) is 52.9 Å². The van der Waals surface area contributed by atoms with Gasteiger partial charge in [-0.3, -0.25) is 0 Å². The van der Waals surface area contributed by atoms with Gasteiger partial charge in [0.25, 0.3) is 0 Å². The Hall–Kier alpha value is -1.78. The Morgan fingerprint density at radius 1 is 0.960 bits per heavy atom. The Morgan fingerprint density at radius 3 is 2.16 bits per heavy atom. The Morgan fingerprint density at radius 2 is 1.56 bits per heavy atom. The number of rotatable bonds is 8. The van der Waals surface area contributed by atoms with Crippen LogP contribution < -0.4 is 10.6 Å². The van der Waals surface area contributed by atoms with Crippen molar-refractivity contribution in [3.63, 3.8) is 0 Å². The van der Waals surface area contributed by atoms with Gasteiger partial charge in [-0.05, 0) is 48.7 Å². The number of para-hydroxylation sites is 3. The van der Waals surface area contributed by atoms with Gasteiger partial charge in [0.2, 0.25) is 9.04 Å². The SMILES string of the molecule is CCC(Nc1ccccc1Nc1ccccc1)O[Si](C)CC(C)(C)C. The highest BCUT2D eigenvalue weighted by molar-refractivity contribution is 6.50. The van der Waals surface area contributed by atoms with E-state index in [-0.39, 0.29) is 6.23 Å². The first-order valence-electron chi connectivity index (χ1n) is 9.04. The Labute approximate surface area is 154 Å². The molecule has 0 aliphatic heterocycles. The monoisotopic (exact) mass is 355 g/mol. The van der Waals surface area contributed by atoms with Gasteiger partial charge in [-0.15, -0.1) is 0 Å². The molecular weight excluding hydrogens is 324 g/mol. The molecule has 0 aliphatic carbocycles. The zero-order chi connectivity index (χ0) is 18.3. The van der Waals surface area contributed by atoms with Crippen LogP contribution in [0, 0.1) is 5.41 Å². The van der Waals surface area contributed by atoms with E-state index in [2.05, 4.69) is 75.2 Å². The number of anilines is 3. The third-order valence-corrected chi connectivity index (χ3v) is 6.04. The molecule has 1 radical (unpaired) electrons. The molecule has 4 heteroatoms. The third kappa shape index (κ3) is 6.92. The average molecular weight is 356 g/mol. The van der Waals surface area contributed by atoms with Crippen molar-refractivity contribution in [3.8, 4) is 0 Å². The van der Waals surface area contributed by atoms with Crippen molar-refractivity contribution in [2.75, 3.05) is 10.6 Å². The zero-order valence-electron chi connectivity index (χ0n) is 16.1. The highest BCUT2D eigenvalue weighted by Crippen LogP contribution is 2.27. The first kappa shape index (κ1) is 19.5. The summed E-state index contributed by atoms with van der Waals surface area (Å²) in [6.45, 7) is 11.2. The number of hydrogen-bond donors (Lipinski definition) is 2. The molecule has 1 atom stereocenters. The van der Waals surface area contributed by atoms with Gasteiger partial charge in [0.1, 0.15) is 6.23 Å². The van der Waals surface area contributed by atoms with Gasteiger partial charge < -0.3 is 15.1 Å². The smallest absolute Gasteiger partial charge is 0.211 e. The van der Waals surface area contributed by atoms with Crippen LogP contribution in [0.3, 0.4) is 0 Å². The van der Waals surface area contributed by atoms with Gasteiger partial charge in [-0.25, -0.2) is 0 Å². The Bertz CT molecular complexity index is 640. The predicted molar refractivity (Wildman–Crippen MR) is 111 cm³/mol. The maximum atomic E-state index is 6.35. The fourth-order valence-electron chi connectivity index (χ4n) is 2.81. The molecule has 25 heavy (non-hydrogen) atoms. The second kappa shape index (κ2) is 9.06. The van der Waals surface area contributed by atoms with Gasteiger partial charge in [-0.1, -0.05) is 58.0 Å². The molecule has 2 N–H and O–H groups in total. The molecule has 1 unspecified atom stereocenters. The summed E-state index contributed by atoms with van der Waals surface area (Å²) >= 11 is 0. The predicted octanol–water partition coefficient (Wildman–Crippen LogP) is 6.26. The molecular formula is C21H31N2OSi. The molecule has 0 spiro atoms. The van der Waals surface area contributed by atoms with Gasteiger partial charge in [-0.2, -0.15) is 0 Å². The van der Waals surface area contributed by atoms with Crippen LogP contribution in [-0.2, 0) is 4.43 Å². The molecule has 0 saturated carbocycles. The van der Waals surface area contributed by atoms with Crippen molar-refractivity contribution >= 4 is 26.1 Å². The lowest BCUT2D eigenvalue weighted by Crippen LogP contribution is -2.31. The van der Waals surface area contributed by atoms with Gasteiger partial charge in [0.15, 0.2) is 0 Å². The van der Waals surface area contributed by atoms with Crippen LogP contribution in [0.1, 0.15) is 34.1 Å². The molecule has 3 nitrogen and oxygen atoms in total. The minimum atomic E-state index is -0.831. The zero-order valence-corrected chi connectivity index (χ0v) is 17.1. The normalized spacial score (nSPS) is 12.9. The summed E-state index contributed by atoms with van der Waals surface area (Å²) in [5.74, 6) is 0. The molecule has 0 aromatic heterocycles. The Balaban J connectivity index is 2.05. The fraction of sp³-hybridized carbons (Fsp3) is 0.429. The summed E-state index contributed by atoms with van der Waals surface area (Å²) in [6, 6.07) is 19.7. The second-order valence-corrected chi connectivity index (χ2v) is 9.63. The van der Waals surface area contributed by atoms with Crippen molar-refractivity contribution < 1.29 is 4.43 Å². The lowest BCUT2D eigenvalue weighted by atomic mass is 10.0. The molecule has 135 valence electrons. The Kier molecular flexibility index (Phi) is 7.08. The van der Waals surface area contributed by atoms with Crippen LogP contribution in [0.15, 0.2) is 54.6 Å². The summed E-state index contributed by atoms with van der Waals surface area (Å²) in [6.07, 6.45) is 0.978. The summed E-state index contributed by atoms with van der Waals surface area (Å²) in [7, 11) is -0.831. The first-order valence-corrected chi connectivity index (χ1v) is 11.2. The number of hydrogen-bond acceptors (Lipinski definition) is 3. The lowest BCUT2D eigenvalue weighted by molar-refractivity contribution is 0.221. The largest absolute Gasteiger partial charge is 0.397 e. The molecule has 0 heterocycles. The molecule has 0 amide bonds. The maximum absolute atomic E-state index is 6.35. The fourth-order valence-corrected chi connectivity index (χ4v) is 5.10. The van der Waals surface area contributed by atoms with E-state index in [0.29, 0.717) is 5.41 Å². The van der Waals surface area contributed by atoms with E-state index in [1.165, 1.54) is 0 Å². The lowest BCUT2D eigenvalue weighted by Gasteiger charge is -2.27. The van der Waals surface area contributed by atoms with Crippen LogP contribution in [0.4, 0.5) is 17.1 Å². The number of nitrogens with one attached hydrogen (secondary N) is 2. The van der Waals surface area contributed by atoms with Gasteiger partial charge >= 0.3 is 0 Å². The maximum Gasteiger partial charge on any atom is 0.211 e. The van der Waals surface area contributed by atoms with E-state index in [1.54, 1.807) is 0 Å². The molecule has 2 aromatic carbocycles. The van der Waals surface area contributed by atoms with E-state index in [0.717, 1.165) is 29.5 Å². The van der Waals surface area contributed by atoms with E-state index in [1.807, 2.05) is 24.3 Å². The van der Waals surface area contributed by atoms with Crippen molar-refractivity contribution in [2.24, 2.45) is 5.41 Å². The van der Waals surface area contributed by atoms with Crippen LogP contribution in [0.25, 0.3) is 0 Å². The minimum Gasteiger partial charge on any atom is -0.397 e. The molecule has 2 rings (SSSR count). The molecule has 0 bridgehead atoms. The van der Waals surface area contributed by atoms with E-state index in [9.17, 15) is 0 Å². The van der Waals surface area contributed by atoms with Crippen molar-refractivity contribution in [3.05, 3.63) is 54.6 Å². The topological polar surface area (TPSA) is 33.3 Å². The summed E-state index contributed by atoms with van der Waals surface area (Å²) < 4.78 is 6.35. The van der Waals surface area contributed by atoms with Crippen molar-refractivity contribution in [1.82, 2.24) is 0 Å². The molecule has 0 aliphatic rings. The van der Waals surface area contributed by atoms with Gasteiger partial charge in [0, 0.05) is 5.69 Å². The average Bonchev–Trinajstić information content (AvgIpc) is 2.55. The van der Waals surface area contributed by atoms with E-state index < -0.39 is 9.04 Å². The van der Waals surface area contributed by atoms with E-state index in [4.69, 9.17) is 4.43 Å². The number of benzene rings is 2. The van der Waals surface area contributed by atoms with Crippen LogP contribution >= 0.6 is 0 Å². The van der Waals surface area contributed by atoms with E-state index >= 15 is 0 Å². The highest BCUT2D eigenvalue weighted by Gasteiger charge is 2.21. The third-order valence-electron chi connectivity index (χ3n) is 3.79. The van der Waals surface area contributed by atoms with Crippen LogP contribution in [0.5, 0.6) is 0 Å². The first-order chi connectivity index (χ1) is 11.9. The summed E-state index contributed by atoms with van der Waals surface area (Å²) in [5.41, 5.74) is 3.53. The second-order valence-electron chi connectivity index (χ2n) is 7.64. The highest BCUT2D eigenvalue weighted by atomic mass is 28.3. The molecule has 0 fully saturated rings. The standard InChI is InChI=1S/C21H31N2OSi/c1-6-20(24-25(5)16-21(2,3)4)23-19-15-11-10-14-18(19)22-17-12-8-7-9-13-17/h7-15,20,22-23H,6,16H2,1-5H3. The molecule has 2 aromatic rings. The van der Waals surface area contributed by atoms with Crippen LogP contribution in [0.2, 0.25) is 12.6 Å². The van der Waals surface area contributed by atoms with Crippen LogP contribution in [-0.4, -0.2) is 15.3 Å². The van der Waals surface area contributed by atoms with Gasteiger partial charge in [0.05, 0.1) is 11.4 Å². The quantitative estimate of drug-likeness (QED) is 0.433. The summed E-state index contributed by atoms with van der Waals surface area (Å²) in [4.78, 5) is 0. The van der Waals surface area contributed by atoms with Crippen molar-refractivity contribution in [1.29, 1.82) is 0 Å². The minimum absolute atomic E-state index is 0.0416. The summed E-state index contributed by atoms with van der Waals surface area (Å²) in [5, 5.41) is 7.06. The molecule has 0 saturated heterocycles.